The van der Waals surface area contributed by atoms with E-state index < -0.39 is 0 Å². The largest absolute Gasteiger partial charge is 0.506 e. The van der Waals surface area contributed by atoms with Gasteiger partial charge < -0.3 is 5.11 Å². The Morgan fingerprint density at radius 3 is 2.76 bits per heavy atom. The molecule has 3 nitrogen and oxygen atoms in total. The summed E-state index contributed by atoms with van der Waals surface area (Å²) in [6.45, 7) is 2.06. The van der Waals surface area contributed by atoms with E-state index in [2.05, 4.69) is 12.0 Å². The van der Waals surface area contributed by atoms with Crippen molar-refractivity contribution in [2.75, 3.05) is 0 Å². The summed E-state index contributed by atoms with van der Waals surface area (Å²) >= 11 is 0. The van der Waals surface area contributed by atoms with Gasteiger partial charge >= 0.3 is 0 Å². The van der Waals surface area contributed by atoms with Crippen LogP contribution in [0.1, 0.15) is 29.8 Å². The fourth-order valence-electron chi connectivity index (χ4n) is 2.63. The summed E-state index contributed by atoms with van der Waals surface area (Å²) in [5.74, 6) is 0.295. The third-order valence-electron chi connectivity index (χ3n) is 3.49. The molecule has 3 heteroatoms. The molecule has 0 fully saturated rings. The SMILES string of the molecule is Cc1nn(-c2ccccc2O)c2c1CCCC2. The number of fused-ring (bicyclic) bond motifs is 1. The van der Waals surface area contributed by atoms with Gasteiger partial charge in [0.1, 0.15) is 11.4 Å². The van der Waals surface area contributed by atoms with Crippen molar-refractivity contribution in [1.29, 1.82) is 0 Å². The van der Waals surface area contributed by atoms with E-state index in [4.69, 9.17) is 0 Å². The van der Waals surface area contributed by atoms with Gasteiger partial charge in [0.15, 0.2) is 0 Å². The number of hydrogen-bond acceptors (Lipinski definition) is 2. The van der Waals surface area contributed by atoms with Crippen molar-refractivity contribution in [2.45, 2.75) is 32.6 Å². The van der Waals surface area contributed by atoms with Crippen molar-refractivity contribution in [3.8, 4) is 11.4 Å². The molecule has 0 atom stereocenters. The highest BCUT2D eigenvalue weighted by molar-refractivity contribution is 5.47. The molecule has 0 saturated heterocycles. The maximum Gasteiger partial charge on any atom is 0.141 e. The maximum absolute atomic E-state index is 9.91. The van der Waals surface area contributed by atoms with Gasteiger partial charge in [-0.2, -0.15) is 5.10 Å². The highest BCUT2D eigenvalue weighted by atomic mass is 16.3. The van der Waals surface area contributed by atoms with E-state index in [0.29, 0.717) is 5.75 Å². The van der Waals surface area contributed by atoms with Gasteiger partial charge in [0.25, 0.3) is 0 Å². The number of para-hydroxylation sites is 2. The zero-order chi connectivity index (χ0) is 11.8. The third-order valence-corrected chi connectivity index (χ3v) is 3.49. The molecule has 0 aliphatic heterocycles. The predicted octanol–water partition coefficient (Wildman–Crippen LogP) is 2.77. The van der Waals surface area contributed by atoms with Crippen LogP contribution in [0.3, 0.4) is 0 Å². The Morgan fingerprint density at radius 1 is 1.18 bits per heavy atom. The first kappa shape index (κ1) is 10.4. The minimum absolute atomic E-state index is 0.295. The number of aromatic nitrogens is 2. The molecule has 1 aliphatic rings. The number of benzene rings is 1. The highest BCUT2D eigenvalue weighted by Crippen LogP contribution is 2.29. The van der Waals surface area contributed by atoms with Crippen LogP contribution < -0.4 is 0 Å². The molecule has 3 rings (SSSR count). The quantitative estimate of drug-likeness (QED) is 0.815. The lowest BCUT2D eigenvalue weighted by Crippen LogP contribution is -2.07. The Hall–Kier alpha value is -1.77. The average Bonchev–Trinajstić information content (AvgIpc) is 2.68. The molecule has 1 N–H and O–H groups in total. The smallest absolute Gasteiger partial charge is 0.141 e. The van der Waals surface area contributed by atoms with Crippen LogP contribution in [-0.4, -0.2) is 14.9 Å². The highest BCUT2D eigenvalue weighted by Gasteiger charge is 2.20. The Balaban J connectivity index is 2.19. The average molecular weight is 228 g/mol. The van der Waals surface area contributed by atoms with Crippen LogP contribution in [0.5, 0.6) is 5.75 Å². The van der Waals surface area contributed by atoms with Crippen LogP contribution in [0.25, 0.3) is 5.69 Å². The second-order valence-electron chi connectivity index (χ2n) is 4.62. The first-order chi connectivity index (χ1) is 8.27. The topological polar surface area (TPSA) is 38.0 Å². The number of aryl methyl sites for hydroxylation is 1. The summed E-state index contributed by atoms with van der Waals surface area (Å²) in [6.07, 6.45) is 4.64. The zero-order valence-electron chi connectivity index (χ0n) is 9.98. The van der Waals surface area contributed by atoms with E-state index >= 15 is 0 Å². The molecule has 0 spiro atoms. The molecule has 1 aromatic carbocycles. The fraction of sp³-hybridized carbons (Fsp3) is 0.357. The molecule has 17 heavy (non-hydrogen) atoms. The van der Waals surface area contributed by atoms with Gasteiger partial charge in [-0.1, -0.05) is 12.1 Å². The summed E-state index contributed by atoms with van der Waals surface area (Å²) in [5, 5.41) is 14.5. The number of aromatic hydroxyl groups is 1. The van der Waals surface area contributed by atoms with Crippen molar-refractivity contribution in [3.63, 3.8) is 0 Å². The summed E-state index contributed by atoms with van der Waals surface area (Å²) in [7, 11) is 0. The Labute approximate surface area is 101 Å². The first-order valence-corrected chi connectivity index (χ1v) is 6.13. The first-order valence-electron chi connectivity index (χ1n) is 6.13. The number of phenolic OH excluding ortho intramolecular Hbond substituents is 1. The van der Waals surface area contributed by atoms with E-state index in [-0.39, 0.29) is 0 Å². The molecule has 1 heterocycles. The molecule has 0 bridgehead atoms. The van der Waals surface area contributed by atoms with Crippen LogP contribution in [-0.2, 0) is 12.8 Å². The molecular weight excluding hydrogens is 212 g/mol. The monoisotopic (exact) mass is 228 g/mol. The molecule has 0 unspecified atom stereocenters. The number of hydrogen-bond donors (Lipinski definition) is 1. The van der Waals surface area contributed by atoms with Gasteiger partial charge in [0.05, 0.1) is 5.69 Å². The van der Waals surface area contributed by atoms with Crippen molar-refractivity contribution in [1.82, 2.24) is 9.78 Å². The summed E-state index contributed by atoms with van der Waals surface area (Å²) in [5.41, 5.74) is 4.54. The van der Waals surface area contributed by atoms with Crippen LogP contribution in [0, 0.1) is 6.92 Å². The van der Waals surface area contributed by atoms with Gasteiger partial charge in [0, 0.05) is 5.69 Å². The summed E-state index contributed by atoms with van der Waals surface area (Å²) in [6, 6.07) is 7.39. The van der Waals surface area contributed by atoms with E-state index in [9.17, 15) is 5.11 Å². The van der Waals surface area contributed by atoms with Crippen LogP contribution in [0.15, 0.2) is 24.3 Å². The van der Waals surface area contributed by atoms with Crippen LogP contribution in [0.4, 0.5) is 0 Å². The second kappa shape index (κ2) is 3.91. The lowest BCUT2D eigenvalue weighted by molar-refractivity contribution is 0.469. The molecular formula is C14H16N2O. The second-order valence-corrected chi connectivity index (χ2v) is 4.62. The lowest BCUT2D eigenvalue weighted by Gasteiger charge is -2.14. The van der Waals surface area contributed by atoms with Crippen molar-refractivity contribution >= 4 is 0 Å². The van der Waals surface area contributed by atoms with E-state index in [1.54, 1.807) is 6.07 Å². The van der Waals surface area contributed by atoms with Crippen molar-refractivity contribution in [3.05, 3.63) is 41.2 Å². The molecule has 0 radical (unpaired) electrons. The van der Waals surface area contributed by atoms with E-state index in [1.807, 2.05) is 22.9 Å². The fourth-order valence-corrected chi connectivity index (χ4v) is 2.63. The van der Waals surface area contributed by atoms with Gasteiger partial charge in [-0.15, -0.1) is 0 Å². The maximum atomic E-state index is 9.91. The number of nitrogens with zero attached hydrogens (tertiary/aromatic N) is 2. The molecule has 0 saturated carbocycles. The standard InChI is InChI=1S/C14H16N2O/c1-10-11-6-2-3-7-12(11)16(15-10)13-8-4-5-9-14(13)17/h4-5,8-9,17H,2-3,6-7H2,1H3. The van der Waals surface area contributed by atoms with Crippen LogP contribution in [0.2, 0.25) is 0 Å². The molecule has 1 aliphatic carbocycles. The summed E-state index contributed by atoms with van der Waals surface area (Å²) in [4.78, 5) is 0. The van der Waals surface area contributed by atoms with Crippen molar-refractivity contribution in [2.24, 2.45) is 0 Å². The van der Waals surface area contributed by atoms with Gasteiger partial charge in [0.2, 0.25) is 0 Å². The van der Waals surface area contributed by atoms with Gasteiger partial charge in [-0.25, -0.2) is 4.68 Å². The Morgan fingerprint density at radius 2 is 1.94 bits per heavy atom. The van der Waals surface area contributed by atoms with Gasteiger partial charge in [-0.05, 0) is 50.3 Å². The van der Waals surface area contributed by atoms with Crippen LogP contribution >= 0.6 is 0 Å². The van der Waals surface area contributed by atoms with Gasteiger partial charge in [-0.3, -0.25) is 0 Å². The Bertz CT molecular complexity index is 557. The number of rotatable bonds is 1. The molecule has 1 aromatic heterocycles. The van der Waals surface area contributed by atoms with Crippen molar-refractivity contribution < 1.29 is 5.11 Å². The third kappa shape index (κ3) is 1.62. The number of phenols is 1. The predicted molar refractivity (Wildman–Crippen MR) is 66.6 cm³/mol. The Kier molecular flexibility index (Phi) is 2.39. The zero-order valence-corrected chi connectivity index (χ0v) is 9.98. The molecule has 0 amide bonds. The summed E-state index contributed by atoms with van der Waals surface area (Å²) < 4.78 is 1.92. The normalized spacial score (nSPS) is 14.6. The molecule has 88 valence electrons. The van der Waals surface area contributed by atoms with E-state index in [0.717, 1.165) is 24.2 Å². The molecule has 2 aromatic rings. The van der Waals surface area contributed by atoms with E-state index in [1.165, 1.54) is 24.1 Å². The minimum atomic E-state index is 0.295. The lowest BCUT2D eigenvalue weighted by atomic mass is 9.96. The minimum Gasteiger partial charge on any atom is -0.506 e.